The summed E-state index contributed by atoms with van der Waals surface area (Å²) in [6, 6.07) is 7.09. The molecule has 0 heterocycles. The number of aliphatic hydroxyl groups is 1. The SMILES string of the molecule is CC[C@@H](O)c1ccccc1C=O. The zero-order valence-corrected chi connectivity index (χ0v) is 7.03. The first-order valence-electron chi connectivity index (χ1n) is 4.01. The summed E-state index contributed by atoms with van der Waals surface area (Å²) in [6.07, 6.45) is 0.880. The minimum atomic E-state index is -0.522. The van der Waals surface area contributed by atoms with Gasteiger partial charge in [0, 0.05) is 5.56 Å². The van der Waals surface area contributed by atoms with Gasteiger partial charge in [0.2, 0.25) is 0 Å². The van der Waals surface area contributed by atoms with Crippen LogP contribution in [0.1, 0.15) is 35.4 Å². The van der Waals surface area contributed by atoms with E-state index in [1.165, 1.54) is 0 Å². The highest BCUT2D eigenvalue weighted by Gasteiger charge is 2.08. The molecule has 0 amide bonds. The van der Waals surface area contributed by atoms with Gasteiger partial charge in [-0.05, 0) is 12.0 Å². The molecule has 2 nitrogen and oxygen atoms in total. The highest BCUT2D eigenvalue weighted by Crippen LogP contribution is 2.18. The molecule has 2 heteroatoms. The Bertz CT molecular complexity index is 268. The van der Waals surface area contributed by atoms with E-state index in [2.05, 4.69) is 0 Å². The lowest BCUT2D eigenvalue weighted by molar-refractivity contribution is 0.111. The maximum Gasteiger partial charge on any atom is 0.150 e. The van der Waals surface area contributed by atoms with Crippen molar-refractivity contribution < 1.29 is 9.90 Å². The molecular formula is C10H12O2. The standard InChI is InChI=1S/C10H12O2/c1-2-10(12)9-6-4-3-5-8(9)7-11/h3-7,10,12H,2H2,1H3/t10-/m1/s1. The number of hydrogen-bond acceptors (Lipinski definition) is 2. The molecule has 1 atom stereocenters. The number of hydrogen-bond donors (Lipinski definition) is 1. The minimum Gasteiger partial charge on any atom is -0.388 e. The summed E-state index contributed by atoms with van der Waals surface area (Å²) in [6.45, 7) is 1.88. The molecule has 12 heavy (non-hydrogen) atoms. The van der Waals surface area contributed by atoms with E-state index < -0.39 is 6.10 Å². The number of carbonyl (C=O) groups is 1. The summed E-state index contributed by atoms with van der Waals surface area (Å²) in [5.41, 5.74) is 1.29. The fourth-order valence-corrected chi connectivity index (χ4v) is 1.14. The van der Waals surface area contributed by atoms with Gasteiger partial charge in [-0.1, -0.05) is 31.2 Å². The van der Waals surface area contributed by atoms with Crippen LogP contribution in [0.2, 0.25) is 0 Å². The van der Waals surface area contributed by atoms with E-state index in [1.54, 1.807) is 18.2 Å². The highest BCUT2D eigenvalue weighted by molar-refractivity contribution is 5.77. The van der Waals surface area contributed by atoms with Crippen LogP contribution in [0.5, 0.6) is 0 Å². The Balaban J connectivity index is 3.04. The first-order chi connectivity index (χ1) is 5.79. The van der Waals surface area contributed by atoms with Crippen LogP contribution in [0.3, 0.4) is 0 Å². The number of aldehydes is 1. The molecule has 1 rings (SSSR count). The van der Waals surface area contributed by atoms with Crippen LogP contribution in [0, 0.1) is 0 Å². The molecule has 64 valence electrons. The lowest BCUT2D eigenvalue weighted by Gasteiger charge is -2.09. The third-order valence-electron chi connectivity index (χ3n) is 1.87. The van der Waals surface area contributed by atoms with Crippen LogP contribution in [0.4, 0.5) is 0 Å². The molecule has 0 aliphatic heterocycles. The third-order valence-corrected chi connectivity index (χ3v) is 1.87. The molecule has 0 saturated heterocycles. The van der Waals surface area contributed by atoms with Gasteiger partial charge in [0.05, 0.1) is 6.10 Å². The highest BCUT2D eigenvalue weighted by atomic mass is 16.3. The Morgan fingerprint density at radius 2 is 2.17 bits per heavy atom. The summed E-state index contributed by atoms with van der Waals surface area (Å²) in [4.78, 5) is 10.5. The lowest BCUT2D eigenvalue weighted by atomic mass is 10.0. The van der Waals surface area contributed by atoms with Gasteiger partial charge in [0.1, 0.15) is 6.29 Å². The largest absolute Gasteiger partial charge is 0.388 e. The molecule has 1 aromatic rings. The van der Waals surface area contributed by atoms with Crippen molar-refractivity contribution >= 4 is 6.29 Å². The normalized spacial score (nSPS) is 12.5. The van der Waals surface area contributed by atoms with Crippen LogP contribution in [-0.2, 0) is 0 Å². The van der Waals surface area contributed by atoms with Gasteiger partial charge in [-0.25, -0.2) is 0 Å². The van der Waals surface area contributed by atoms with Crippen molar-refractivity contribution in [2.45, 2.75) is 19.4 Å². The molecule has 0 bridgehead atoms. The molecule has 0 radical (unpaired) electrons. The van der Waals surface area contributed by atoms with Gasteiger partial charge >= 0.3 is 0 Å². The molecule has 0 aliphatic rings. The molecule has 0 aromatic heterocycles. The van der Waals surface area contributed by atoms with Crippen LogP contribution >= 0.6 is 0 Å². The summed E-state index contributed by atoms with van der Waals surface area (Å²) in [5, 5.41) is 9.48. The Labute approximate surface area is 71.8 Å². The molecule has 0 unspecified atom stereocenters. The first kappa shape index (κ1) is 8.94. The van der Waals surface area contributed by atoms with Crippen molar-refractivity contribution in [2.24, 2.45) is 0 Å². The summed E-state index contributed by atoms with van der Waals surface area (Å²) < 4.78 is 0. The van der Waals surface area contributed by atoms with Gasteiger partial charge < -0.3 is 5.11 Å². The minimum absolute atomic E-state index is 0.522. The Kier molecular flexibility index (Phi) is 3.00. The van der Waals surface area contributed by atoms with Crippen molar-refractivity contribution in [3.8, 4) is 0 Å². The van der Waals surface area contributed by atoms with E-state index in [0.29, 0.717) is 12.0 Å². The Morgan fingerprint density at radius 3 is 2.75 bits per heavy atom. The van der Waals surface area contributed by atoms with Crippen LogP contribution in [0.15, 0.2) is 24.3 Å². The van der Waals surface area contributed by atoms with Crippen LogP contribution in [-0.4, -0.2) is 11.4 Å². The van der Waals surface area contributed by atoms with Crippen molar-refractivity contribution in [1.29, 1.82) is 0 Å². The second-order valence-electron chi connectivity index (χ2n) is 2.67. The summed E-state index contributed by atoms with van der Waals surface area (Å²) >= 11 is 0. The molecule has 1 N–H and O–H groups in total. The molecule has 0 fully saturated rings. The quantitative estimate of drug-likeness (QED) is 0.693. The number of benzene rings is 1. The smallest absolute Gasteiger partial charge is 0.150 e. The van der Waals surface area contributed by atoms with E-state index in [9.17, 15) is 9.90 Å². The van der Waals surface area contributed by atoms with Crippen molar-refractivity contribution in [2.75, 3.05) is 0 Å². The van der Waals surface area contributed by atoms with Gasteiger partial charge in [0.25, 0.3) is 0 Å². The third kappa shape index (κ3) is 1.71. The van der Waals surface area contributed by atoms with Crippen molar-refractivity contribution in [3.05, 3.63) is 35.4 Å². The first-order valence-corrected chi connectivity index (χ1v) is 4.01. The van der Waals surface area contributed by atoms with E-state index in [1.807, 2.05) is 13.0 Å². The van der Waals surface area contributed by atoms with E-state index in [-0.39, 0.29) is 0 Å². The summed E-state index contributed by atoms with van der Waals surface area (Å²) in [7, 11) is 0. The van der Waals surface area contributed by atoms with Gasteiger partial charge in [-0.2, -0.15) is 0 Å². The van der Waals surface area contributed by atoms with E-state index in [4.69, 9.17) is 0 Å². The lowest BCUT2D eigenvalue weighted by Crippen LogP contribution is -1.99. The molecule has 0 saturated carbocycles. The van der Waals surface area contributed by atoms with Gasteiger partial charge in [0.15, 0.2) is 0 Å². The molecular weight excluding hydrogens is 152 g/mol. The topological polar surface area (TPSA) is 37.3 Å². The summed E-state index contributed by atoms with van der Waals surface area (Å²) in [5.74, 6) is 0. The average Bonchev–Trinajstić information content (AvgIpc) is 2.16. The van der Waals surface area contributed by atoms with Crippen molar-refractivity contribution in [3.63, 3.8) is 0 Å². The second-order valence-corrected chi connectivity index (χ2v) is 2.67. The predicted octanol–water partition coefficient (Wildman–Crippen LogP) is 1.94. The number of rotatable bonds is 3. The monoisotopic (exact) mass is 164 g/mol. The fourth-order valence-electron chi connectivity index (χ4n) is 1.14. The fraction of sp³-hybridized carbons (Fsp3) is 0.300. The van der Waals surface area contributed by atoms with E-state index >= 15 is 0 Å². The maximum absolute atomic E-state index is 10.5. The second kappa shape index (κ2) is 4.02. The number of aliphatic hydroxyl groups excluding tert-OH is 1. The van der Waals surface area contributed by atoms with Crippen LogP contribution < -0.4 is 0 Å². The Morgan fingerprint density at radius 1 is 1.50 bits per heavy atom. The number of carbonyl (C=O) groups excluding carboxylic acids is 1. The molecule has 0 aliphatic carbocycles. The van der Waals surface area contributed by atoms with Gasteiger partial charge in [-0.3, -0.25) is 4.79 Å². The molecule has 1 aromatic carbocycles. The van der Waals surface area contributed by atoms with Crippen molar-refractivity contribution in [1.82, 2.24) is 0 Å². The van der Waals surface area contributed by atoms with E-state index in [0.717, 1.165) is 11.8 Å². The molecule has 0 spiro atoms. The van der Waals surface area contributed by atoms with Gasteiger partial charge in [-0.15, -0.1) is 0 Å². The predicted molar refractivity (Wildman–Crippen MR) is 47.1 cm³/mol. The average molecular weight is 164 g/mol. The maximum atomic E-state index is 10.5. The zero-order chi connectivity index (χ0) is 8.97. The van der Waals surface area contributed by atoms with Crippen LogP contribution in [0.25, 0.3) is 0 Å². The zero-order valence-electron chi connectivity index (χ0n) is 7.03. The Hall–Kier alpha value is -1.15.